The third-order valence-corrected chi connectivity index (χ3v) is 1.47. The van der Waals surface area contributed by atoms with Crippen molar-refractivity contribution in [2.75, 3.05) is 14.1 Å². The number of carbonyl (C=O) groups is 1. The second-order valence-corrected chi connectivity index (χ2v) is 2.53. The summed E-state index contributed by atoms with van der Waals surface area (Å²) in [7, 11) is 3.53. The fourth-order valence-electron chi connectivity index (χ4n) is 0.895. The van der Waals surface area contributed by atoms with Gasteiger partial charge in [-0.25, -0.2) is 0 Å². The average molecular weight is 137 g/mol. The van der Waals surface area contributed by atoms with E-state index in [2.05, 4.69) is 0 Å². The molecule has 0 unspecified atom stereocenters. The van der Waals surface area contributed by atoms with Crippen molar-refractivity contribution in [2.45, 2.75) is 0 Å². The third kappa shape index (κ3) is 1.26. The Bertz CT molecular complexity index is 179. The summed E-state index contributed by atoms with van der Waals surface area (Å²) in [5.74, 6) is 0.125. The lowest BCUT2D eigenvalue weighted by Crippen LogP contribution is -2.26. The molecule has 0 aromatic rings. The Labute approximate surface area is 60.8 Å². The van der Waals surface area contributed by atoms with Crippen molar-refractivity contribution in [3.63, 3.8) is 0 Å². The van der Waals surface area contributed by atoms with Crippen LogP contribution in [-0.2, 0) is 4.79 Å². The number of allylic oxidation sites excluding steroid dienone is 2. The lowest BCUT2D eigenvalue weighted by atomic mass is 10.1. The Morgan fingerprint density at radius 1 is 1.30 bits per heavy atom. The van der Waals surface area contributed by atoms with Crippen LogP contribution in [0.1, 0.15) is 0 Å². The molecule has 2 heteroatoms. The molecule has 0 bridgehead atoms. The minimum atomic E-state index is -0.0185. The molecule has 0 heterocycles. The summed E-state index contributed by atoms with van der Waals surface area (Å²) in [5, 5.41) is 0. The Kier molecular flexibility index (Phi) is 1.90. The lowest BCUT2D eigenvalue weighted by molar-refractivity contribution is -0.130. The van der Waals surface area contributed by atoms with Crippen molar-refractivity contribution < 1.29 is 4.79 Å². The molecular weight excluding hydrogens is 126 g/mol. The first-order valence-electron chi connectivity index (χ1n) is 3.28. The molecule has 0 fully saturated rings. The number of carbonyl (C=O) groups excluding carboxylic acids is 1. The van der Waals surface area contributed by atoms with Gasteiger partial charge in [-0.15, -0.1) is 0 Å². The van der Waals surface area contributed by atoms with Crippen molar-refractivity contribution >= 4 is 5.91 Å². The van der Waals surface area contributed by atoms with Crippen LogP contribution in [0.3, 0.4) is 0 Å². The Morgan fingerprint density at radius 2 is 1.80 bits per heavy atom. The van der Waals surface area contributed by atoms with Crippen LogP contribution in [0.15, 0.2) is 24.3 Å². The number of hydrogen-bond acceptors (Lipinski definition) is 1. The normalized spacial score (nSPS) is 16.2. The summed E-state index contributed by atoms with van der Waals surface area (Å²) >= 11 is 0. The zero-order valence-electron chi connectivity index (χ0n) is 6.24. The standard InChI is InChI=1S/C8H11NO/c1-9(2)8(10)7-5-3-4-6-7/h3-7H,1-2H3. The molecule has 1 aliphatic rings. The quantitative estimate of drug-likeness (QED) is 0.524. The van der Waals surface area contributed by atoms with Crippen molar-refractivity contribution in [1.82, 2.24) is 4.90 Å². The Hall–Kier alpha value is -1.05. The molecule has 0 saturated carbocycles. The van der Waals surface area contributed by atoms with Gasteiger partial charge in [0.05, 0.1) is 5.92 Å². The maximum absolute atomic E-state index is 11.2. The van der Waals surface area contributed by atoms with E-state index in [1.807, 2.05) is 24.3 Å². The van der Waals surface area contributed by atoms with E-state index in [0.717, 1.165) is 0 Å². The highest BCUT2D eigenvalue weighted by molar-refractivity contribution is 5.82. The van der Waals surface area contributed by atoms with E-state index in [0.29, 0.717) is 0 Å². The van der Waals surface area contributed by atoms with E-state index in [9.17, 15) is 4.79 Å². The van der Waals surface area contributed by atoms with E-state index < -0.39 is 0 Å². The first-order valence-corrected chi connectivity index (χ1v) is 3.28. The lowest BCUT2D eigenvalue weighted by Gasteiger charge is -2.12. The van der Waals surface area contributed by atoms with Gasteiger partial charge in [-0.1, -0.05) is 24.3 Å². The maximum Gasteiger partial charge on any atom is 0.232 e. The van der Waals surface area contributed by atoms with Crippen LogP contribution in [0, 0.1) is 5.92 Å². The first-order chi connectivity index (χ1) is 4.72. The van der Waals surface area contributed by atoms with Crippen molar-refractivity contribution in [2.24, 2.45) is 5.92 Å². The van der Waals surface area contributed by atoms with E-state index >= 15 is 0 Å². The molecule has 0 radical (unpaired) electrons. The zero-order valence-corrected chi connectivity index (χ0v) is 6.24. The van der Waals surface area contributed by atoms with Gasteiger partial charge < -0.3 is 4.90 Å². The average Bonchev–Trinajstić information content (AvgIpc) is 2.36. The largest absolute Gasteiger partial charge is 0.348 e. The first kappa shape index (κ1) is 7.06. The predicted molar refractivity (Wildman–Crippen MR) is 40.5 cm³/mol. The summed E-state index contributed by atoms with van der Waals surface area (Å²) in [6.07, 6.45) is 7.57. The molecule has 0 saturated heterocycles. The van der Waals surface area contributed by atoms with E-state index in [-0.39, 0.29) is 11.8 Å². The number of nitrogens with zero attached hydrogens (tertiary/aromatic N) is 1. The van der Waals surface area contributed by atoms with Crippen molar-refractivity contribution in [3.8, 4) is 0 Å². The molecule has 0 spiro atoms. The van der Waals surface area contributed by atoms with Crippen LogP contribution in [-0.4, -0.2) is 24.9 Å². The van der Waals surface area contributed by atoms with Crippen molar-refractivity contribution in [3.05, 3.63) is 24.3 Å². The van der Waals surface area contributed by atoms with Crippen LogP contribution in [0.25, 0.3) is 0 Å². The van der Waals surface area contributed by atoms with Gasteiger partial charge in [0.25, 0.3) is 0 Å². The van der Waals surface area contributed by atoms with E-state index in [1.54, 1.807) is 19.0 Å². The monoisotopic (exact) mass is 137 g/mol. The van der Waals surface area contributed by atoms with Gasteiger partial charge >= 0.3 is 0 Å². The molecule has 0 aromatic carbocycles. The highest BCUT2D eigenvalue weighted by Crippen LogP contribution is 2.10. The van der Waals surface area contributed by atoms with Gasteiger partial charge in [0.1, 0.15) is 0 Å². The Balaban J connectivity index is 2.58. The van der Waals surface area contributed by atoms with Gasteiger partial charge in [-0.05, 0) is 0 Å². The summed E-state index contributed by atoms with van der Waals surface area (Å²) < 4.78 is 0. The molecule has 54 valence electrons. The van der Waals surface area contributed by atoms with Crippen LogP contribution in [0.5, 0.6) is 0 Å². The SMILES string of the molecule is CN(C)C(=O)C1C=CC=C1. The van der Waals surface area contributed by atoms with E-state index in [4.69, 9.17) is 0 Å². The van der Waals surface area contributed by atoms with Crippen LogP contribution < -0.4 is 0 Å². The molecule has 1 amide bonds. The van der Waals surface area contributed by atoms with Gasteiger partial charge in [0.15, 0.2) is 0 Å². The highest BCUT2D eigenvalue weighted by atomic mass is 16.2. The molecule has 0 aromatic heterocycles. The predicted octanol–water partition coefficient (Wildman–Crippen LogP) is 0.817. The summed E-state index contributed by atoms with van der Waals surface area (Å²) in [6.45, 7) is 0. The van der Waals surface area contributed by atoms with Gasteiger partial charge in [-0.2, -0.15) is 0 Å². The topological polar surface area (TPSA) is 20.3 Å². The van der Waals surface area contributed by atoms with Crippen molar-refractivity contribution in [1.29, 1.82) is 0 Å². The highest BCUT2D eigenvalue weighted by Gasteiger charge is 2.14. The van der Waals surface area contributed by atoms with E-state index in [1.165, 1.54) is 0 Å². The molecule has 2 nitrogen and oxygen atoms in total. The molecule has 10 heavy (non-hydrogen) atoms. The summed E-state index contributed by atoms with van der Waals surface area (Å²) in [4.78, 5) is 12.8. The minimum Gasteiger partial charge on any atom is -0.348 e. The zero-order chi connectivity index (χ0) is 7.56. The van der Waals surface area contributed by atoms with Gasteiger partial charge in [0.2, 0.25) is 5.91 Å². The number of amides is 1. The second kappa shape index (κ2) is 2.69. The molecule has 0 atom stereocenters. The van der Waals surface area contributed by atoms with Crippen LogP contribution in [0.4, 0.5) is 0 Å². The number of hydrogen-bond donors (Lipinski definition) is 0. The molecule has 0 N–H and O–H groups in total. The second-order valence-electron chi connectivity index (χ2n) is 2.53. The molecular formula is C8H11NO. The maximum atomic E-state index is 11.2. The van der Waals surface area contributed by atoms with Gasteiger partial charge in [-0.3, -0.25) is 4.79 Å². The van der Waals surface area contributed by atoms with Crippen LogP contribution in [0.2, 0.25) is 0 Å². The number of rotatable bonds is 1. The molecule has 1 rings (SSSR count). The third-order valence-electron chi connectivity index (χ3n) is 1.47. The Morgan fingerprint density at radius 3 is 2.20 bits per heavy atom. The smallest absolute Gasteiger partial charge is 0.232 e. The van der Waals surface area contributed by atoms with Gasteiger partial charge in [0, 0.05) is 14.1 Å². The minimum absolute atomic E-state index is 0.0185. The molecule has 1 aliphatic carbocycles. The fraction of sp³-hybridized carbons (Fsp3) is 0.375. The fourth-order valence-corrected chi connectivity index (χ4v) is 0.895. The summed E-state index contributed by atoms with van der Waals surface area (Å²) in [6, 6.07) is 0. The van der Waals surface area contributed by atoms with Crippen LogP contribution >= 0.6 is 0 Å². The summed E-state index contributed by atoms with van der Waals surface area (Å²) in [5.41, 5.74) is 0. The molecule has 0 aliphatic heterocycles.